The zero-order chi connectivity index (χ0) is 16.5. The van der Waals surface area contributed by atoms with E-state index < -0.39 is 0 Å². The fourth-order valence-corrected chi connectivity index (χ4v) is 3.44. The molecule has 24 heavy (non-hydrogen) atoms. The van der Waals surface area contributed by atoms with Gasteiger partial charge in [-0.05, 0) is 54.8 Å². The van der Waals surface area contributed by atoms with Crippen LogP contribution in [-0.2, 0) is 0 Å². The Labute approximate surface area is 140 Å². The minimum atomic E-state index is 0.510. The SMILES string of the molecule is Cc1cccc(-n2nnnc2N2CCC(c3nc[nH]c3C)CC2)c1. The van der Waals surface area contributed by atoms with E-state index in [-0.39, 0.29) is 0 Å². The van der Waals surface area contributed by atoms with Crippen LogP contribution in [-0.4, -0.2) is 43.3 Å². The Morgan fingerprint density at radius 3 is 2.71 bits per heavy atom. The number of H-pyrrole nitrogens is 1. The van der Waals surface area contributed by atoms with Crippen molar-refractivity contribution in [3.05, 3.63) is 47.5 Å². The molecule has 0 atom stereocenters. The van der Waals surface area contributed by atoms with Crippen molar-refractivity contribution in [3.63, 3.8) is 0 Å². The zero-order valence-corrected chi connectivity index (χ0v) is 14.0. The molecule has 2 aromatic heterocycles. The molecule has 0 spiro atoms. The van der Waals surface area contributed by atoms with Crippen molar-refractivity contribution < 1.29 is 0 Å². The van der Waals surface area contributed by atoms with Gasteiger partial charge >= 0.3 is 0 Å². The average molecular weight is 323 g/mol. The molecule has 0 radical (unpaired) electrons. The Hall–Kier alpha value is -2.70. The van der Waals surface area contributed by atoms with E-state index in [1.165, 1.54) is 17.0 Å². The van der Waals surface area contributed by atoms with Crippen LogP contribution in [0.3, 0.4) is 0 Å². The van der Waals surface area contributed by atoms with E-state index in [0.29, 0.717) is 5.92 Å². The molecule has 1 aromatic carbocycles. The highest BCUT2D eigenvalue weighted by atomic mass is 15.6. The highest BCUT2D eigenvalue weighted by Crippen LogP contribution is 2.30. The average Bonchev–Trinajstić information content (AvgIpc) is 3.24. The Balaban J connectivity index is 1.53. The lowest BCUT2D eigenvalue weighted by Gasteiger charge is -2.31. The summed E-state index contributed by atoms with van der Waals surface area (Å²) >= 11 is 0. The lowest BCUT2D eigenvalue weighted by Crippen LogP contribution is -2.35. The molecule has 7 nitrogen and oxygen atoms in total. The minimum Gasteiger partial charge on any atom is -0.348 e. The second-order valence-electron chi connectivity index (χ2n) is 6.40. The van der Waals surface area contributed by atoms with Crippen LogP contribution in [0.2, 0.25) is 0 Å². The van der Waals surface area contributed by atoms with Gasteiger partial charge in [0.2, 0.25) is 5.95 Å². The van der Waals surface area contributed by atoms with Gasteiger partial charge in [-0.15, -0.1) is 0 Å². The van der Waals surface area contributed by atoms with Crippen LogP contribution >= 0.6 is 0 Å². The number of piperidine rings is 1. The molecule has 1 aliphatic heterocycles. The third-order valence-corrected chi connectivity index (χ3v) is 4.73. The molecule has 1 aliphatic rings. The maximum Gasteiger partial charge on any atom is 0.250 e. The van der Waals surface area contributed by atoms with Gasteiger partial charge in [-0.3, -0.25) is 0 Å². The number of rotatable bonds is 3. The van der Waals surface area contributed by atoms with Gasteiger partial charge < -0.3 is 9.88 Å². The predicted octanol–water partition coefficient (Wildman–Crippen LogP) is 2.39. The van der Waals surface area contributed by atoms with E-state index in [2.05, 4.69) is 56.4 Å². The topological polar surface area (TPSA) is 75.5 Å². The Morgan fingerprint density at radius 1 is 1.17 bits per heavy atom. The first-order valence-corrected chi connectivity index (χ1v) is 8.32. The van der Waals surface area contributed by atoms with Crippen molar-refractivity contribution in [2.24, 2.45) is 0 Å². The molecule has 1 N–H and O–H groups in total. The van der Waals surface area contributed by atoms with Crippen LogP contribution < -0.4 is 4.90 Å². The molecule has 3 heterocycles. The fraction of sp³-hybridized carbons (Fsp3) is 0.412. The number of aromatic nitrogens is 6. The van der Waals surface area contributed by atoms with Gasteiger partial charge in [0.1, 0.15) is 0 Å². The molecule has 0 saturated carbocycles. The molecule has 0 bridgehead atoms. The van der Waals surface area contributed by atoms with Gasteiger partial charge in [-0.2, -0.15) is 4.68 Å². The van der Waals surface area contributed by atoms with Crippen LogP contribution in [0.5, 0.6) is 0 Å². The van der Waals surface area contributed by atoms with Gasteiger partial charge in [0.05, 0.1) is 17.7 Å². The molecule has 3 aromatic rings. The van der Waals surface area contributed by atoms with E-state index in [9.17, 15) is 0 Å². The smallest absolute Gasteiger partial charge is 0.250 e. The van der Waals surface area contributed by atoms with Gasteiger partial charge in [-0.25, -0.2) is 4.98 Å². The number of tetrazole rings is 1. The van der Waals surface area contributed by atoms with Crippen LogP contribution in [0.25, 0.3) is 5.69 Å². The van der Waals surface area contributed by atoms with Crippen molar-refractivity contribution >= 4 is 5.95 Å². The molecule has 0 unspecified atom stereocenters. The third kappa shape index (κ3) is 2.66. The quantitative estimate of drug-likeness (QED) is 0.801. The van der Waals surface area contributed by atoms with Crippen LogP contribution in [0, 0.1) is 13.8 Å². The summed E-state index contributed by atoms with van der Waals surface area (Å²) in [7, 11) is 0. The first kappa shape index (κ1) is 14.9. The van der Waals surface area contributed by atoms with Gasteiger partial charge in [0.25, 0.3) is 0 Å². The number of anilines is 1. The summed E-state index contributed by atoms with van der Waals surface area (Å²) < 4.78 is 1.83. The van der Waals surface area contributed by atoms with E-state index in [1.807, 2.05) is 16.8 Å². The van der Waals surface area contributed by atoms with Crippen molar-refractivity contribution in [1.82, 2.24) is 30.2 Å². The summed E-state index contributed by atoms with van der Waals surface area (Å²) in [6.45, 7) is 6.03. The molecule has 0 aliphatic carbocycles. The normalized spacial score (nSPS) is 15.8. The summed E-state index contributed by atoms with van der Waals surface area (Å²) in [5.74, 6) is 1.33. The largest absolute Gasteiger partial charge is 0.348 e. The van der Waals surface area contributed by atoms with Gasteiger partial charge in [0, 0.05) is 24.7 Å². The lowest BCUT2D eigenvalue weighted by molar-refractivity contribution is 0.488. The van der Waals surface area contributed by atoms with Crippen molar-refractivity contribution in [2.75, 3.05) is 18.0 Å². The van der Waals surface area contributed by atoms with E-state index in [4.69, 9.17) is 0 Å². The maximum atomic E-state index is 4.48. The van der Waals surface area contributed by atoms with Gasteiger partial charge in [0.15, 0.2) is 0 Å². The van der Waals surface area contributed by atoms with Gasteiger partial charge in [-0.1, -0.05) is 17.2 Å². The molecule has 7 heteroatoms. The van der Waals surface area contributed by atoms with Crippen LogP contribution in [0.15, 0.2) is 30.6 Å². The molecular weight excluding hydrogens is 302 g/mol. The molecule has 4 rings (SSSR count). The number of hydrogen-bond donors (Lipinski definition) is 1. The standard InChI is InChI=1S/C17H21N7/c1-12-4-3-5-15(10-12)24-17(20-21-22-24)23-8-6-14(7-9-23)16-13(2)18-11-19-16/h3-5,10-11,14H,6-9H2,1-2H3,(H,18,19). The Morgan fingerprint density at radius 2 is 2.00 bits per heavy atom. The van der Waals surface area contributed by atoms with Crippen LogP contribution in [0.4, 0.5) is 5.95 Å². The number of aromatic amines is 1. The summed E-state index contributed by atoms with van der Waals surface area (Å²) in [6, 6.07) is 8.24. The molecule has 0 amide bonds. The minimum absolute atomic E-state index is 0.510. The highest BCUT2D eigenvalue weighted by Gasteiger charge is 2.26. The Bertz CT molecular complexity index is 827. The highest BCUT2D eigenvalue weighted by molar-refractivity contribution is 5.42. The van der Waals surface area contributed by atoms with Crippen LogP contribution in [0.1, 0.15) is 35.7 Å². The predicted molar refractivity (Wildman–Crippen MR) is 91.4 cm³/mol. The number of imidazole rings is 1. The van der Waals surface area contributed by atoms with E-state index in [1.54, 1.807) is 6.33 Å². The van der Waals surface area contributed by atoms with E-state index >= 15 is 0 Å². The second-order valence-corrected chi connectivity index (χ2v) is 6.40. The first-order valence-electron chi connectivity index (χ1n) is 8.32. The number of hydrogen-bond acceptors (Lipinski definition) is 5. The maximum absolute atomic E-state index is 4.48. The summed E-state index contributed by atoms with van der Waals surface area (Å²) in [4.78, 5) is 9.93. The monoisotopic (exact) mass is 323 g/mol. The van der Waals surface area contributed by atoms with E-state index in [0.717, 1.165) is 37.6 Å². The second kappa shape index (κ2) is 6.07. The summed E-state index contributed by atoms with van der Waals surface area (Å²) in [6.07, 6.45) is 3.91. The first-order chi connectivity index (χ1) is 11.7. The fourth-order valence-electron chi connectivity index (χ4n) is 3.44. The van der Waals surface area contributed by atoms with Crippen molar-refractivity contribution in [2.45, 2.75) is 32.6 Å². The summed E-state index contributed by atoms with van der Waals surface area (Å²) in [5.41, 5.74) is 4.58. The third-order valence-electron chi connectivity index (χ3n) is 4.73. The zero-order valence-electron chi connectivity index (χ0n) is 14.0. The summed E-state index contributed by atoms with van der Waals surface area (Å²) in [5, 5.41) is 12.3. The number of aryl methyl sites for hydroxylation is 2. The Kier molecular flexibility index (Phi) is 3.76. The van der Waals surface area contributed by atoms with Crippen molar-refractivity contribution in [3.8, 4) is 5.69 Å². The molecule has 1 fully saturated rings. The number of nitrogens with one attached hydrogen (secondary N) is 1. The number of benzene rings is 1. The van der Waals surface area contributed by atoms with Crippen molar-refractivity contribution in [1.29, 1.82) is 0 Å². The molecular formula is C17H21N7. The number of nitrogens with zero attached hydrogens (tertiary/aromatic N) is 6. The lowest BCUT2D eigenvalue weighted by atomic mass is 9.93. The molecule has 1 saturated heterocycles. The molecule has 124 valence electrons.